The van der Waals surface area contributed by atoms with Gasteiger partial charge in [-0.3, -0.25) is 9.59 Å². The molecule has 0 unspecified atom stereocenters. The lowest BCUT2D eigenvalue weighted by Gasteiger charge is -2.07. The molecule has 0 N–H and O–H groups in total. The van der Waals surface area contributed by atoms with Crippen LogP contribution in [-0.4, -0.2) is 15.0 Å². The second kappa shape index (κ2) is 7.37. The van der Waals surface area contributed by atoms with Crippen molar-refractivity contribution in [2.24, 2.45) is 4.99 Å². The summed E-state index contributed by atoms with van der Waals surface area (Å²) in [5.74, 6) is -0.365. The Morgan fingerprint density at radius 3 is 2.25 bits per heavy atom. The summed E-state index contributed by atoms with van der Waals surface area (Å²) in [6.45, 7) is 0.555. The van der Waals surface area contributed by atoms with Gasteiger partial charge in [0.05, 0.1) is 0 Å². The summed E-state index contributed by atoms with van der Waals surface area (Å²) in [7, 11) is 0. The Morgan fingerprint density at radius 2 is 1.50 bits per heavy atom. The molecule has 2 heterocycles. The standard InChI is InChI=1S/C19H17N3O2/c23-18(15-22-13-7-5-11-19(22)24)20-17-10-4-6-12-21(17)14-16-8-2-1-3-9-16/h1-13H,14-15H2. The molecule has 120 valence electrons. The lowest BCUT2D eigenvalue weighted by atomic mass is 10.2. The molecular weight excluding hydrogens is 302 g/mol. The van der Waals surface area contributed by atoms with Crippen LogP contribution in [0.3, 0.4) is 0 Å². The average molecular weight is 319 g/mol. The highest BCUT2D eigenvalue weighted by atomic mass is 16.2. The van der Waals surface area contributed by atoms with E-state index in [0.29, 0.717) is 12.0 Å². The van der Waals surface area contributed by atoms with Gasteiger partial charge in [-0.1, -0.05) is 42.5 Å². The SMILES string of the molecule is O=C(Cn1ccccc1=O)N=c1ccccn1Cc1ccccc1. The lowest BCUT2D eigenvalue weighted by molar-refractivity contribution is -0.118. The predicted molar refractivity (Wildman–Crippen MR) is 91.2 cm³/mol. The normalized spacial score (nSPS) is 11.4. The molecule has 1 aromatic carbocycles. The van der Waals surface area contributed by atoms with Crippen LogP contribution in [0.25, 0.3) is 0 Å². The molecule has 0 aliphatic heterocycles. The van der Waals surface area contributed by atoms with Gasteiger partial charge < -0.3 is 9.13 Å². The maximum atomic E-state index is 12.2. The van der Waals surface area contributed by atoms with Crippen LogP contribution in [0, 0.1) is 0 Å². The molecule has 0 bridgehead atoms. The van der Waals surface area contributed by atoms with Crippen LogP contribution >= 0.6 is 0 Å². The first-order valence-corrected chi connectivity index (χ1v) is 7.65. The molecule has 24 heavy (non-hydrogen) atoms. The Balaban J connectivity index is 1.86. The molecule has 0 aliphatic carbocycles. The van der Waals surface area contributed by atoms with Crippen molar-refractivity contribution in [3.63, 3.8) is 0 Å². The Labute approximate surface area is 139 Å². The molecule has 0 saturated carbocycles. The third kappa shape index (κ3) is 3.95. The van der Waals surface area contributed by atoms with Gasteiger partial charge in [-0.2, -0.15) is 4.99 Å². The molecule has 0 spiro atoms. The summed E-state index contributed by atoms with van der Waals surface area (Å²) in [5.41, 5.74) is 1.47. The third-order valence-corrected chi connectivity index (χ3v) is 3.56. The van der Waals surface area contributed by atoms with E-state index in [1.807, 2.05) is 53.2 Å². The zero-order valence-corrected chi connectivity index (χ0v) is 13.1. The summed E-state index contributed by atoms with van der Waals surface area (Å²) in [4.78, 5) is 28.0. The summed E-state index contributed by atoms with van der Waals surface area (Å²) >= 11 is 0. The van der Waals surface area contributed by atoms with E-state index in [-0.39, 0.29) is 18.0 Å². The highest BCUT2D eigenvalue weighted by Gasteiger charge is 2.03. The van der Waals surface area contributed by atoms with E-state index in [9.17, 15) is 9.59 Å². The van der Waals surface area contributed by atoms with Crippen molar-refractivity contribution in [2.45, 2.75) is 13.1 Å². The number of benzene rings is 1. The summed E-state index contributed by atoms with van der Waals surface area (Å²) in [6, 6.07) is 20.3. The smallest absolute Gasteiger partial charge is 0.267 e. The van der Waals surface area contributed by atoms with Gasteiger partial charge in [0.2, 0.25) is 0 Å². The van der Waals surface area contributed by atoms with E-state index in [1.54, 1.807) is 24.4 Å². The molecule has 5 nitrogen and oxygen atoms in total. The molecule has 0 aliphatic rings. The van der Waals surface area contributed by atoms with Gasteiger partial charge in [-0.05, 0) is 23.8 Å². The first-order chi connectivity index (χ1) is 11.7. The molecule has 0 atom stereocenters. The number of hydrogen-bond acceptors (Lipinski definition) is 2. The zero-order chi connectivity index (χ0) is 16.8. The van der Waals surface area contributed by atoms with Gasteiger partial charge in [-0.25, -0.2) is 0 Å². The van der Waals surface area contributed by atoms with E-state index in [0.717, 1.165) is 5.56 Å². The fraction of sp³-hybridized carbons (Fsp3) is 0.105. The van der Waals surface area contributed by atoms with Gasteiger partial charge in [-0.15, -0.1) is 0 Å². The van der Waals surface area contributed by atoms with Gasteiger partial charge in [0.25, 0.3) is 11.5 Å². The van der Waals surface area contributed by atoms with Crippen LogP contribution in [0.4, 0.5) is 0 Å². The number of carbonyl (C=O) groups excluding carboxylic acids is 1. The van der Waals surface area contributed by atoms with Crippen LogP contribution in [0.1, 0.15) is 5.56 Å². The summed E-state index contributed by atoms with van der Waals surface area (Å²) < 4.78 is 3.25. The van der Waals surface area contributed by atoms with Crippen molar-refractivity contribution in [1.29, 1.82) is 0 Å². The molecule has 1 amide bonds. The zero-order valence-electron chi connectivity index (χ0n) is 13.1. The minimum Gasteiger partial charge on any atom is -0.328 e. The number of nitrogens with zero attached hydrogens (tertiary/aromatic N) is 3. The van der Waals surface area contributed by atoms with Crippen molar-refractivity contribution < 1.29 is 4.79 Å². The van der Waals surface area contributed by atoms with E-state index in [1.165, 1.54) is 10.6 Å². The summed E-state index contributed by atoms with van der Waals surface area (Å²) in [5, 5.41) is 0. The molecule has 5 heteroatoms. The Morgan fingerprint density at radius 1 is 0.833 bits per heavy atom. The second-order valence-corrected chi connectivity index (χ2v) is 5.34. The first kappa shape index (κ1) is 15.7. The van der Waals surface area contributed by atoms with E-state index in [4.69, 9.17) is 0 Å². The minimum absolute atomic E-state index is 0.0695. The van der Waals surface area contributed by atoms with Crippen LogP contribution in [-0.2, 0) is 17.9 Å². The van der Waals surface area contributed by atoms with Crippen molar-refractivity contribution in [3.05, 3.63) is 101 Å². The number of carbonyl (C=O) groups is 1. The predicted octanol–water partition coefficient (Wildman–Crippen LogP) is 1.83. The lowest BCUT2D eigenvalue weighted by Crippen LogP contribution is -2.26. The maximum absolute atomic E-state index is 12.2. The fourth-order valence-electron chi connectivity index (χ4n) is 2.38. The molecule has 2 aromatic heterocycles. The third-order valence-electron chi connectivity index (χ3n) is 3.56. The van der Waals surface area contributed by atoms with Gasteiger partial charge in [0.15, 0.2) is 0 Å². The van der Waals surface area contributed by atoms with Crippen molar-refractivity contribution >= 4 is 5.91 Å². The number of pyridine rings is 2. The minimum atomic E-state index is -0.365. The van der Waals surface area contributed by atoms with Crippen LogP contribution in [0.2, 0.25) is 0 Å². The van der Waals surface area contributed by atoms with Crippen molar-refractivity contribution in [3.8, 4) is 0 Å². The molecule has 0 radical (unpaired) electrons. The monoisotopic (exact) mass is 319 g/mol. The van der Waals surface area contributed by atoms with Gasteiger partial charge >= 0.3 is 0 Å². The largest absolute Gasteiger partial charge is 0.328 e. The molecular formula is C19H17N3O2. The average Bonchev–Trinajstić information content (AvgIpc) is 2.60. The van der Waals surface area contributed by atoms with E-state index < -0.39 is 0 Å². The summed E-state index contributed by atoms with van der Waals surface area (Å²) in [6.07, 6.45) is 3.46. The Kier molecular flexibility index (Phi) is 4.81. The van der Waals surface area contributed by atoms with Crippen LogP contribution < -0.4 is 11.0 Å². The number of amides is 1. The quantitative estimate of drug-likeness (QED) is 0.736. The number of aromatic nitrogens is 2. The molecule has 3 aromatic rings. The van der Waals surface area contributed by atoms with E-state index >= 15 is 0 Å². The first-order valence-electron chi connectivity index (χ1n) is 7.65. The van der Waals surface area contributed by atoms with Crippen molar-refractivity contribution in [1.82, 2.24) is 9.13 Å². The highest BCUT2D eigenvalue weighted by Crippen LogP contribution is 2.00. The highest BCUT2D eigenvalue weighted by molar-refractivity contribution is 5.76. The molecule has 0 saturated heterocycles. The second-order valence-electron chi connectivity index (χ2n) is 5.34. The topological polar surface area (TPSA) is 56.4 Å². The maximum Gasteiger partial charge on any atom is 0.267 e. The van der Waals surface area contributed by atoms with E-state index in [2.05, 4.69) is 4.99 Å². The van der Waals surface area contributed by atoms with Gasteiger partial charge in [0, 0.05) is 25.0 Å². The van der Waals surface area contributed by atoms with Crippen LogP contribution in [0.5, 0.6) is 0 Å². The molecule has 0 fully saturated rings. The number of hydrogen-bond donors (Lipinski definition) is 0. The Bertz CT molecular complexity index is 956. The number of rotatable bonds is 4. The molecule has 3 rings (SSSR count). The van der Waals surface area contributed by atoms with Crippen LogP contribution in [0.15, 0.2) is 88.9 Å². The fourth-order valence-corrected chi connectivity index (χ4v) is 2.38. The Hall–Kier alpha value is -3.21. The van der Waals surface area contributed by atoms with Crippen molar-refractivity contribution in [2.75, 3.05) is 0 Å². The van der Waals surface area contributed by atoms with Gasteiger partial charge in [0.1, 0.15) is 12.0 Å².